The number of hydrazine groups is 1. The Kier molecular flexibility index (Phi) is 9.08. The summed E-state index contributed by atoms with van der Waals surface area (Å²) >= 11 is 5.18. The molecule has 6 nitrogen and oxygen atoms in total. The molecule has 138 valence electrons. The van der Waals surface area contributed by atoms with Crippen molar-refractivity contribution in [3.05, 3.63) is 34.9 Å². The highest BCUT2D eigenvalue weighted by Gasteiger charge is 2.12. The summed E-state index contributed by atoms with van der Waals surface area (Å²) in [5.74, 6) is -0.290. The van der Waals surface area contributed by atoms with Crippen LogP contribution in [0.2, 0.25) is 0 Å². The number of ketones is 1. The van der Waals surface area contributed by atoms with Gasteiger partial charge in [-0.1, -0.05) is 12.1 Å². The molecule has 0 fully saturated rings. The van der Waals surface area contributed by atoms with Crippen LogP contribution in [0.15, 0.2) is 18.2 Å². The highest BCUT2D eigenvalue weighted by molar-refractivity contribution is 7.80. The van der Waals surface area contributed by atoms with Gasteiger partial charge in [0, 0.05) is 45.7 Å². The fraction of sp³-hybridized carbons (Fsp3) is 0.500. The summed E-state index contributed by atoms with van der Waals surface area (Å²) in [5.41, 5.74) is 5.50. The molecule has 1 amide bonds. The molecule has 0 aromatic heterocycles. The molecule has 0 spiro atoms. The molecule has 25 heavy (non-hydrogen) atoms. The minimum atomic E-state index is -0.249. The first-order chi connectivity index (χ1) is 11.8. The zero-order valence-corrected chi connectivity index (χ0v) is 16.2. The summed E-state index contributed by atoms with van der Waals surface area (Å²) in [6.45, 7) is 5.28. The van der Waals surface area contributed by atoms with Crippen LogP contribution in [0.3, 0.4) is 0 Å². The van der Waals surface area contributed by atoms with E-state index in [0.29, 0.717) is 23.8 Å². The van der Waals surface area contributed by atoms with Gasteiger partial charge in [0.25, 0.3) is 0 Å². The number of hydrogen-bond donors (Lipinski definition) is 2. The lowest BCUT2D eigenvalue weighted by Crippen LogP contribution is -2.48. The number of nitrogens with zero attached hydrogens (tertiary/aromatic N) is 1. The number of carbonyl (C=O) groups excluding carboxylic acids is 2. The highest BCUT2D eigenvalue weighted by Crippen LogP contribution is 2.12. The Bertz CT molecular complexity index is 620. The number of aryl methyl sites for hydroxylation is 2. The topological polar surface area (TPSA) is 70.7 Å². The highest BCUT2D eigenvalue weighted by atomic mass is 32.1. The number of methoxy groups -OCH3 is 1. The zero-order chi connectivity index (χ0) is 18.8. The van der Waals surface area contributed by atoms with Crippen LogP contribution >= 0.6 is 12.2 Å². The van der Waals surface area contributed by atoms with Gasteiger partial charge in [0.05, 0.1) is 0 Å². The fourth-order valence-corrected chi connectivity index (χ4v) is 2.26. The third-order valence-electron chi connectivity index (χ3n) is 3.81. The van der Waals surface area contributed by atoms with Gasteiger partial charge in [-0.25, -0.2) is 0 Å². The normalized spacial score (nSPS) is 10.2. The van der Waals surface area contributed by atoms with Gasteiger partial charge in [-0.15, -0.1) is 0 Å². The molecular formula is C18H27N3O3S. The van der Waals surface area contributed by atoms with Gasteiger partial charge in [-0.2, -0.15) is 0 Å². The molecule has 0 saturated carbocycles. The second-order valence-electron chi connectivity index (χ2n) is 5.89. The van der Waals surface area contributed by atoms with Gasteiger partial charge in [-0.3, -0.25) is 20.0 Å². The van der Waals surface area contributed by atoms with Crippen LogP contribution in [-0.2, 0) is 9.53 Å². The van der Waals surface area contributed by atoms with E-state index in [0.717, 1.165) is 17.5 Å². The molecule has 1 aromatic rings. The molecule has 0 aliphatic rings. The van der Waals surface area contributed by atoms with Crippen molar-refractivity contribution in [1.29, 1.82) is 0 Å². The van der Waals surface area contributed by atoms with Crippen molar-refractivity contribution in [1.82, 2.24) is 15.8 Å². The second-order valence-corrected chi connectivity index (χ2v) is 6.28. The summed E-state index contributed by atoms with van der Waals surface area (Å²) in [6.07, 6.45) is 1.10. The van der Waals surface area contributed by atoms with Crippen LogP contribution in [0.1, 0.15) is 40.7 Å². The summed E-state index contributed by atoms with van der Waals surface area (Å²) in [4.78, 5) is 24.2. The number of carbonyl (C=O) groups is 2. The van der Waals surface area contributed by atoms with Crippen LogP contribution in [0, 0.1) is 13.8 Å². The number of rotatable bonds is 8. The maximum absolute atomic E-state index is 12.2. The van der Waals surface area contributed by atoms with Gasteiger partial charge in [0.2, 0.25) is 5.91 Å². The third kappa shape index (κ3) is 7.62. The average Bonchev–Trinajstić information content (AvgIpc) is 2.58. The van der Waals surface area contributed by atoms with Crippen molar-refractivity contribution in [2.45, 2.75) is 33.1 Å². The molecule has 0 saturated heterocycles. The minimum absolute atomic E-state index is 0.0406. The Morgan fingerprint density at radius 3 is 2.56 bits per heavy atom. The second kappa shape index (κ2) is 10.8. The van der Waals surface area contributed by atoms with Crippen LogP contribution in [0.25, 0.3) is 0 Å². The summed E-state index contributed by atoms with van der Waals surface area (Å²) < 4.78 is 4.95. The number of ether oxygens (including phenoxy) is 1. The maximum atomic E-state index is 12.2. The van der Waals surface area contributed by atoms with Crippen LogP contribution in [0.5, 0.6) is 0 Å². The molecular weight excluding hydrogens is 338 g/mol. The maximum Gasteiger partial charge on any atom is 0.239 e. The lowest BCUT2D eigenvalue weighted by atomic mass is 10.0. The molecule has 0 atom stereocenters. The van der Waals surface area contributed by atoms with E-state index in [1.807, 2.05) is 26.0 Å². The first kappa shape index (κ1) is 21.1. The number of thiocarbonyl (C=S) groups is 1. The Morgan fingerprint density at radius 2 is 1.92 bits per heavy atom. The number of nitrogens with one attached hydrogen (secondary N) is 2. The lowest BCUT2D eigenvalue weighted by Gasteiger charge is -2.21. The molecule has 1 rings (SSSR count). The number of Topliss-reactive ketones (excluding diaryl/α,β-unsaturated/α-hetero) is 1. The van der Waals surface area contributed by atoms with E-state index in [1.54, 1.807) is 20.2 Å². The Balaban J connectivity index is 2.36. The molecule has 0 heterocycles. The molecule has 0 radical (unpaired) electrons. The first-order valence-electron chi connectivity index (χ1n) is 8.25. The third-order valence-corrected chi connectivity index (χ3v) is 4.22. The number of hydrogen-bond acceptors (Lipinski definition) is 4. The van der Waals surface area contributed by atoms with E-state index in [2.05, 4.69) is 10.7 Å². The summed E-state index contributed by atoms with van der Waals surface area (Å²) in [6, 6.07) is 5.58. The van der Waals surface area contributed by atoms with E-state index in [4.69, 9.17) is 17.0 Å². The van der Waals surface area contributed by atoms with Gasteiger partial charge < -0.3 is 10.1 Å². The minimum Gasteiger partial charge on any atom is -0.385 e. The fourth-order valence-electron chi connectivity index (χ4n) is 2.11. The predicted molar refractivity (Wildman–Crippen MR) is 102 cm³/mol. The quantitative estimate of drug-likeness (QED) is 0.318. The molecule has 7 heteroatoms. The van der Waals surface area contributed by atoms with Crippen molar-refractivity contribution < 1.29 is 14.3 Å². The van der Waals surface area contributed by atoms with Crippen molar-refractivity contribution in [3.63, 3.8) is 0 Å². The Hall–Kier alpha value is -1.99. The molecule has 2 N–H and O–H groups in total. The Morgan fingerprint density at radius 1 is 1.20 bits per heavy atom. The summed E-state index contributed by atoms with van der Waals surface area (Å²) in [5, 5.41) is 4.89. The SMILES string of the molecule is COCCCNC(=S)N(C)NC(=O)CCC(=O)c1ccc(C)c(C)c1. The van der Waals surface area contributed by atoms with E-state index in [-0.39, 0.29) is 24.5 Å². The van der Waals surface area contributed by atoms with Crippen molar-refractivity contribution in [3.8, 4) is 0 Å². The Labute approximate surface area is 154 Å². The number of benzene rings is 1. The number of amides is 1. The molecule has 0 aliphatic heterocycles. The van der Waals surface area contributed by atoms with Gasteiger partial charge in [0.1, 0.15) is 0 Å². The van der Waals surface area contributed by atoms with Gasteiger partial charge in [-0.05, 0) is 49.7 Å². The van der Waals surface area contributed by atoms with Crippen LogP contribution in [0.4, 0.5) is 0 Å². The van der Waals surface area contributed by atoms with E-state index < -0.39 is 0 Å². The monoisotopic (exact) mass is 365 g/mol. The van der Waals surface area contributed by atoms with Crippen LogP contribution < -0.4 is 10.7 Å². The van der Waals surface area contributed by atoms with Crippen molar-refractivity contribution >= 4 is 29.0 Å². The smallest absolute Gasteiger partial charge is 0.239 e. The first-order valence-corrected chi connectivity index (χ1v) is 8.66. The molecule has 1 aromatic carbocycles. The summed E-state index contributed by atoms with van der Waals surface area (Å²) in [7, 11) is 3.30. The molecule has 0 aliphatic carbocycles. The standard InChI is InChI=1S/C18H27N3O3S/c1-13-6-7-15(12-14(13)2)16(22)8-9-17(23)20-21(3)18(25)19-10-5-11-24-4/h6-7,12H,5,8-11H2,1-4H3,(H,19,25)(H,20,23). The van der Waals surface area contributed by atoms with Crippen LogP contribution in [-0.4, -0.2) is 49.1 Å². The van der Waals surface area contributed by atoms with Crippen molar-refractivity contribution in [2.75, 3.05) is 27.3 Å². The average molecular weight is 365 g/mol. The van der Waals surface area contributed by atoms with E-state index >= 15 is 0 Å². The van der Waals surface area contributed by atoms with Crippen molar-refractivity contribution in [2.24, 2.45) is 0 Å². The molecule has 0 bridgehead atoms. The van der Waals surface area contributed by atoms with E-state index in [9.17, 15) is 9.59 Å². The zero-order valence-electron chi connectivity index (χ0n) is 15.3. The van der Waals surface area contributed by atoms with Gasteiger partial charge >= 0.3 is 0 Å². The van der Waals surface area contributed by atoms with E-state index in [1.165, 1.54) is 5.01 Å². The largest absolute Gasteiger partial charge is 0.385 e. The predicted octanol–water partition coefficient (Wildman–Crippen LogP) is 2.14. The lowest BCUT2D eigenvalue weighted by molar-refractivity contribution is -0.123. The van der Waals surface area contributed by atoms with Gasteiger partial charge in [0.15, 0.2) is 10.9 Å². The molecule has 0 unspecified atom stereocenters.